The van der Waals surface area contributed by atoms with E-state index in [1.165, 1.54) is 12.1 Å². The molecule has 2 rings (SSSR count). The molecule has 0 radical (unpaired) electrons. The number of nitrogens with one attached hydrogen (secondary N) is 2. The molecule has 1 aliphatic rings. The predicted molar refractivity (Wildman–Crippen MR) is 84.1 cm³/mol. The summed E-state index contributed by atoms with van der Waals surface area (Å²) in [6.45, 7) is 7.62. The van der Waals surface area contributed by atoms with Gasteiger partial charge in [-0.05, 0) is 51.3 Å². The van der Waals surface area contributed by atoms with Crippen molar-refractivity contribution < 1.29 is 13.9 Å². The van der Waals surface area contributed by atoms with Gasteiger partial charge in [0.15, 0.2) is 0 Å². The molecular formula is C17H25FN2O2. The van der Waals surface area contributed by atoms with Crippen molar-refractivity contribution in [3.05, 3.63) is 35.6 Å². The molecule has 0 aromatic heterocycles. The van der Waals surface area contributed by atoms with E-state index in [2.05, 4.69) is 17.6 Å². The lowest BCUT2D eigenvalue weighted by atomic mass is 10.0. The SMILES string of the molecule is CCC(NC1CC1NC(=O)OC(C)(C)C)c1ccc(F)cc1. The molecule has 3 unspecified atom stereocenters. The van der Waals surface area contributed by atoms with Gasteiger partial charge < -0.3 is 15.4 Å². The minimum atomic E-state index is -0.484. The molecular weight excluding hydrogens is 283 g/mol. The number of carbonyl (C=O) groups excluding carboxylic acids is 1. The Labute approximate surface area is 131 Å². The van der Waals surface area contributed by atoms with Crippen LogP contribution in [0.5, 0.6) is 0 Å². The van der Waals surface area contributed by atoms with Crippen LogP contribution in [0.4, 0.5) is 9.18 Å². The summed E-state index contributed by atoms with van der Waals surface area (Å²) in [6, 6.07) is 7.05. The van der Waals surface area contributed by atoms with Crippen molar-refractivity contribution in [2.75, 3.05) is 0 Å². The summed E-state index contributed by atoms with van der Waals surface area (Å²) >= 11 is 0. The molecule has 1 amide bonds. The molecule has 0 saturated heterocycles. The van der Waals surface area contributed by atoms with E-state index in [0.717, 1.165) is 18.4 Å². The lowest BCUT2D eigenvalue weighted by Crippen LogP contribution is -2.37. The minimum Gasteiger partial charge on any atom is -0.444 e. The molecule has 22 heavy (non-hydrogen) atoms. The summed E-state index contributed by atoms with van der Waals surface area (Å²) in [6.07, 6.45) is 1.41. The Morgan fingerprint density at radius 1 is 1.32 bits per heavy atom. The Morgan fingerprint density at radius 2 is 1.95 bits per heavy atom. The summed E-state index contributed by atoms with van der Waals surface area (Å²) in [5.41, 5.74) is 0.578. The van der Waals surface area contributed by atoms with Crippen LogP contribution in [0.25, 0.3) is 0 Å². The van der Waals surface area contributed by atoms with Gasteiger partial charge in [0, 0.05) is 18.1 Å². The first-order valence-electron chi connectivity index (χ1n) is 7.79. The largest absolute Gasteiger partial charge is 0.444 e. The Kier molecular flexibility index (Phi) is 5.06. The highest BCUT2D eigenvalue weighted by atomic mass is 19.1. The molecule has 0 spiro atoms. The number of carbonyl (C=O) groups is 1. The van der Waals surface area contributed by atoms with Crippen molar-refractivity contribution in [1.82, 2.24) is 10.6 Å². The fraction of sp³-hybridized carbons (Fsp3) is 0.588. The Bertz CT molecular complexity index is 510. The molecule has 1 saturated carbocycles. The zero-order chi connectivity index (χ0) is 16.3. The summed E-state index contributed by atoms with van der Waals surface area (Å²) < 4.78 is 18.2. The second-order valence-electron chi connectivity index (χ2n) is 6.77. The molecule has 5 heteroatoms. The number of ether oxygens (including phenoxy) is 1. The Hall–Kier alpha value is -1.62. The second-order valence-corrected chi connectivity index (χ2v) is 6.77. The third-order valence-corrected chi connectivity index (χ3v) is 3.59. The first-order chi connectivity index (χ1) is 10.3. The van der Waals surface area contributed by atoms with Gasteiger partial charge in [0.2, 0.25) is 0 Å². The molecule has 1 aliphatic carbocycles. The average molecular weight is 308 g/mol. The van der Waals surface area contributed by atoms with Gasteiger partial charge >= 0.3 is 6.09 Å². The standard InChI is InChI=1S/C17H25FN2O2/c1-5-13(11-6-8-12(18)9-7-11)19-14-10-15(14)20-16(21)22-17(2,3)4/h6-9,13-15,19H,5,10H2,1-4H3,(H,20,21). The maximum absolute atomic E-state index is 13.0. The normalized spacial score (nSPS) is 22.0. The fourth-order valence-corrected chi connectivity index (χ4v) is 2.40. The average Bonchev–Trinajstić information content (AvgIpc) is 3.12. The first kappa shape index (κ1) is 16.7. The highest BCUT2D eigenvalue weighted by Gasteiger charge is 2.40. The minimum absolute atomic E-state index is 0.101. The smallest absolute Gasteiger partial charge is 0.407 e. The van der Waals surface area contributed by atoms with E-state index in [4.69, 9.17) is 4.74 Å². The van der Waals surface area contributed by atoms with Crippen LogP contribution in [0.2, 0.25) is 0 Å². The van der Waals surface area contributed by atoms with Crippen molar-refractivity contribution in [1.29, 1.82) is 0 Å². The van der Waals surface area contributed by atoms with E-state index in [1.54, 1.807) is 12.1 Å². The van der Waals surface area contributed by atoms with E-state index in [0.29, 0.717) is 0 Å². The summed E-state index contributed by atoms with van der Waals surface area (Å²) in [5, 5.41) is 6.37. The number of hydrogen-bond acceptors (Lipinski definition) is 3. The van der Waals surface area contributed by atoms with Crippen molar-refractivity contribution in [2.45, 2.75) is 64.3 Å². The molecule has 2 N–H and O–H groups in total. The van der Waals surface area contributed by atoms with Crippen molar-refractivity contribution in [3.8, 4) is 0 Å². The number of rotatable bonds is 5. The van der Waals surface area contributed by atoms with E-state index >= 15 is 0 Å². The lowest BCUT2D eigenvalue weighted by Gasteiger charge is -2.20. The van der Waals surface area contributed by atoms with Crippen LogP contribution < -0.4 is 10.6 Å². The van der Waals surface area contributed by atoms with Crippen LogP contribution in [-0.4, -0.2) is 23.8 Å². The van der Waals surface area contributed by atoms with Gasteiger partial charge in [-0.15, -0.1) is 0 Å². The van der Waals surface area contributed by atoms with E-state index in [-0.39, 0.29) is 30.0 Å². The highest BCUT2D eigenvalue weighted by Crippen LogP contribution is 2.27. The van der Waals surface area contributed by atoms with Crippen LogP contribution in [0.3, 0.4) is 0 Å². The molecule has 4 nitrogen and oxygen atoms in total. The van der Waals surface area contributed by atoms with Crippen molar-refractivity contribution in [2.24, 2.45) is 0 Å². The van der Waals surface area contributed by atoms with Crippen molar-refractivity contribution >= 4 is 6.09 Å². The van der Waals surface area contributed by atoms with E-state index in [9.17, 15) is 9.18 Å². The molecule has 0 heterocycles. The van der Waals surface area contributed by atoms with Gasteiger partial charge in [-0.25, -0.2) is 9.18 Å². The van der Waals surface area contributed by atoms with Gasteiger partial charge in [0.25, 0.3) is 0 Å². The highest BCUT2D eigenvalue weighted by molar-refractivity contribution is 5.68. The molecule has 1 aromatic carbocycles. The Morgan fingerprint density at radius 3 is 2.50 bits per heavy atom. The van der Waals surface area contributed by atoms with Crippen LogP contribution in [0.15, 0.2) is 24.3 Å². The number of alkyl carbamates (subject to hydrolysis) is 1. The molecule has 1 aromatic rings. The van der Waals surface area contributed by atoms with Gasteiger partial charge in [0.1, 0.15) is 11.4 Å². The van der Waals surface area contributed by atoms with Gasteiger partial charge in [0.05, 0.1) is 0 Å². The molecule has 0 bridgehead atoms. The van der Waals surface area contributed by atoms with Crippen LogP contribution in [0.1, 0.15) is 52.1 Å². The fourth-order valence-electron chi connectivity index (χ4n) is 2.40. The molecule has 1 fully saturated rings. The quantitative estimate of drug-likeness (QED) is 0.875. The van der Waals surface area contributed by atoms with Crippen LogP contribution in [-0.2, 0) is 4.74 Å². The molecule has 0 aliphatic heterocycles. The topological polar surface area (TPSA) is 50.4 Å². The Balaban J connectivity index is 1.82. The van der Waals surface area contributed by atoms with Crippen LogP contribution in [0, 0.1) is 5.82 Å². The van der Waals surface area contributed by atoms with Gasteiger partial charge in [-0.2, -0.15) is 0 Å². The molecule has 122 valence electrons. The monoisotopic (exact) mass is 308 g/mol. The maximum atomic E-state index is 13.0. The number of hydrogen-bond donors (Lipinski definition) is 2. The number of halogens is 1. The number of benzene rings is 1. The summed E-state index contributed by atoms with van der Waals surface area (Å²) in [4.78, 5) is 11.7. The third-order valence-electron chi connectivity index (χ3n) is 3.59. The third kappa shape index (κ3) is 4.98. The van der Waals surface area contributed by atoms with Crippen molar-refractivity contribution in [3.63, 3.8) is 0 Å². The zero-order valence-electron chi connectivity index (χ0n) is 13.7. The van der Waals surface area contributed by atoms with Gasteiger partial charge in [-0.3, -0.25) is 0 Å². The van der Waals surface area contributed by atoms with E-state index < -0.39 is 5.60 Å². The summed E-state index contributed by atoms with van der Waals surface area (Å²) in [5.74, 6) is -0.227. The number of amides is 1. The van der Waals surface area contributed by atoms with Crippen LogP contribution >= 0.6 is 0 Å². The summed E-state index contributed by atoms with van der Waals surface area (Å²) in [7, 11) is 0. The van der Waals surface area contributed by atoms with Gasteiger partial charge in [-0.1, -0.05) is 19.1 Å². The maximum Gasteiger partial charge on any atom is 0.407 e. The first-order valence-corrected chi connectivity index (χ1v) is 7.79. The second kappa shape index (κ2) is 6.65. The van der Waals surface area contributed by atoms with E-state index in [1.807, 2.05) is 20.8 Å². The zero-order valence-corrected chi connectivity index (χ0v) is 13.7. The molecule has 3 atom stereocenters. The predicted octanol–water partition coefficient (Wildman–Crippen LogP) is 3.53. The lowest BCUT2D eigenvalue weighted by molar-refractivity contribution is 0.0522.